The Labute approximate surface area is 75.8 Å². The highest BCUT2D eigenvalue weighted by atomic mass is 32.1. The molecule has 0 unspecified atom stereocenters. The van der Waals surface area contributed by atoms with Crippen molar-refractivity contribution in [2.45, 2.75) is 26.4 Å². The van der Waals surface area contributed by atoms with Crippen LogP contribution in [0.1, 0.15) is 31.4 Å². The minimum absolute atomic E-state index is 0.0137. The summed E-state index contributed by atoms with van der Waals surface area (Å²) in [6, 6.07) is 0. The summed E-state index contributed by atoms with van der Waals surface area (Å²) in [5.41, 5.74) is 5.43. The van der Waals surface area contributed by atoms with Crippen LogP contribution in [0.5, 0.6) is 0 Å². The highest BCUT2D eigenvalue weighted by Gasteiger charge is 2.10. The van der Waals surface area contributed by atoms with Crippen molar-refractivity contribution in [1.82, 2.24) is 10.2 Å². The quantitative estimate of drug-likeness (QED) is 0.777. The van der Waals surface area contributed by atoms with Gasteiger partial charge in [-0.3, -0.25) is 0 Å². The highest BCUT2D eigenvalue weighted by Crippen LogP contribution is 2.21. The average Bonchev–Trinajstić information content (AvgIpc) is 2.47. The summed E-state index contributed by atoms with van der Waals surface area (Å²) in [5, 5.41) is 8.94. The van der Waals surface area contributed by atoms with Crippen LogP contribution in [0.15, 0.2) is 0 Å². The molecule has 12 heavy (non-hydrogen) atoms. The SMILES string of the molecule is CCCO[C@H](C)c1nnc(N)s1. The molecular formula is C7H13N3OS. The van der Waals surface area contributed by atoms with Gasteiger partial charge in [0.2, 0.25) is 5.13 Å². The summed E-state index contributed by atoms with van der Waals surface area (Å²) in [5.74, 6) is 0. The molecule has 0 radical (unpaired) electrons. The van der Waals surface area contributed by atoms with Gasteiger partial charge in [0.1, 0.15) is 11.1 Å². The normalized spacial score (nSPS) is 13.2. The van der Waals surface area contributed by atoms with Gasteiger partial charge in [0.25, 0.3) is 0 Å². The predicted octanol–water partition coefficient (Wildman–Crippen LogP) is 1.61. The Hall–Kier alpha value is -0.680. The van der Waals surface area contributed by atoms with Crippen LogP contribution in [0, 0.1) is 0 Å². The van der Waals surface area contributed by atoms with Gasteiger partial charge in [0, 0.05) is 6.61 Å². The average molecular weight is 187 g/mol. The summed E-state index contributed by atoms with van der Waals surface area (Å²) < 4.78 is 5.44. The Morgan fingerprint density at radius 2 is 2.33 bits per heavy atom. The Bertz CT molecular complexity index is 238. The number of ether oxygens (including phenoxy) is 1. The number of hydrogen-bond acceptors (Lipinski definition) is 5. The lowest BCUT2D eigenvalue weighted by molar-refractivity contribution is 0.0656. The van der Waals surface area contributed by atoms with Crippen LogP contribution >= 0.6 is 11.3 Å². The topological polar surface area (TPSA) is 61.0 Å². The molecule has 1 aromatic heterocycles. The van der Waals surface area contributed by atoms with Crippen molar-refractivity contribution in [3.8, 4) is 0 Å². The van der Waals surface area contributed by atoms with E-state index in [2.05, 4.69) is 17.1 Å². The predicted molar refractivity (Wildman–Crippen MR) is 49.0 cm³/mol. The van der Waals surface area contributed by atoms with Crippen molar-refractivity contribution in [2.75, 3.05) is 12.3 Å². The van der Waals surface area contributed by atoms with Gasteiger partial charge in [-0.15, -0.1) is 10.2 Å². The lowest BCUT2D eigenvalue weighted by Gasteiger charge is -2.07. The molecule has 2 N–H and O–H groups in total. The summed E-state index contributed by atoms with van der Waals surface area (Å²) in [6.07, 6.45) is 1.03. The van der Waals surface area contributed by atoms with Crippen molar-refractivity contribution < 1.29 is 4.74 Å². The molecule has 1 atom stereocenters. The molecule has 0 saturated heterocycles. The lowest BCUT2D eigenvalue weighted by atomic mass is 10.4. The lowest BCUT2D eigenvalue weighted by Crippen LogP contribution is -2.00. The number of nitrogen functional groups attached to an aromatic ring is 1. The Morgan fingerprint density at radius 1 is 1.58 bits per heavy atom. The largest absolute Gasteiger partial charge is 0.374 e. The molecule has 5 heteroatoms. The summed E-state index contributed by atoms with van der Waals surface area (Å²) in [6.45, 7) is 4.78. The van der Waals surface area contributed by atoms with Gasteiger partial charge in [-0.2, -0.15) is 0 Å². The third-order valence-corrected chi connectivity index (χ3v) is 2.29. The van der Waals surface area contributed by atoms with Crippen molar-refractivity contribution >= 4 is 16.5 Å². The van der Waals surface area contributed by atoms with Gasteiger partial charge in [-0.1, -0.05) is 18.3 Å². The molecule has 1 aromatic rings. The van der Waals surface area contributed by atoms with Crippen LogP contribution in [0.2, 0.25) is 0 Å². The first-order valence-corrected chi connectivity index (χ1v) is 4.76. The molecule has 4 nitrogen and oxygen atoms in total. The zero-order valence-electron chi connectivity index (χ0n) is 7.28. The van der Waals surface area contributed by atoms with Gasteiger partial charge in [-0.05, 0) is 13.3 Å². The van der Waals surface area contributed by atoms with E-state index in [4.69, 9.17) is 10.5 Å². The maximum absolute atomic E-state index is 5.44. The van der Waals surface area contributed by atoms with E-state index in [1.54, 1.807) is 0 Å². The van der Waals surface area contributed by atoms with Crippen molar-refractivity contribution in [3.63, 3.8) is 0 Å². The first-order chi connectivity index (χ1) is 5.74. The van der Waals surface area contributed by atoms with Crippen LogP contribution in [-0.2, 0) is 4.74 Å². The van der Waals surface area contributed by atoms with Crippen LogP contribution in [0.25, 0.3) is 0 Å². The Balaban J connectivity index is 2.47. The van der Waals surface area contributed by atoms with E-state index >= 15 is 0 Å². The maximum atomic E-state index is 5.44. The number of nitrogens with zero attached hydrogens (tertiary/aromatic N) is 2. The Kier molecular flexibility index (Phi) is 3.43. The van der Waals surface area contributed by atoms with Gasteiger partial charge < -0.3 is 10.5 Å². The van der Waals surface area contributed by atoms with Gasteiger partial charge in [0.05, 0.1) is 0 Å². The molecule has 0 amide bonds. The van der Waals surface area contributed by atoms with E-state index in [-0.39, 0.29) is 6.10 Å². The number of aromatic nitrogens is 2. The van der Waals surface area contributed by atoms with Gasteiger partial charge >= 0.3 is 0 Å². The van der Waals surface area contributed by atoms with E-state index in [0.29, 0.717) is 5.13 Å². The molecule has 1 heterocycles. The molecule has 1 rings (SSSR count). The van der Waals surface area contributed by atoms with E-state index in [9.17, 15) is 0 Å². The fraction of sp³-hybridized carbons (Fsp3) is 0.714. The number of rotatable bonds is 4. The smallest absolute Gasteiger partial charge is 0.203 e. The molecule has 0 saturated carbocycles. The van der Waals surface area contributed by atoms with Gasteiger partial charge in [0.15, 0.2) is 0 Å². The highest BCUT2D eigenvalue weighted by molar-refractivity contribution is 7.15. The standard InChI is InChI=1S/C7H13N3OS/c1-3-4-11-5(2)6-9-10-7(8)12-6/h5H,3-4H2,1-2H3,(H2,8,10)/t5-/m1/s1. The fourth-order valence-electron chi connectivity index (χ4n) is 0.777. The van der Waals surface area contributed by atoms with Gasteiger partial charge in [-0.25, -0.2) is 0 Å². The van der Waals surface area contributed by atoms with Crippen LogP contribution in [0.4, 0.5) is 5.13 Å². The second-order valence-electron chi connectivity index (χ2n) is 2.49. The third kappa shape index (κ3) is 2.42. The minimum Gasteiger partial charge on any atom is -0.374 e. The van der Waals surface area contributed by atoms with Crippen molar-refractivity contribution in [3.05, 3.63) is 5.01 Å². The number of nitrogens with two attached hydrogens (primary N) is 1. The van der Waals surface area contributed by atoms with Crippen molar-refractivity contribution in [2.24, 2.45) is 0 Å². The van der Waals surface area contributed by atoms with Crippen LogP contribution in [-0.4, -0.2) is 16.8 Å². The van der Waals surface area contributed by atoms with E-state index < -0.39 is 0 Å². The maximum Gasteiger partial charge on any atom is 0.203 e. The fourth-order valence-corrected chi connectivity index (χ4v) is 1.39. The molecule has 0 fully saturated rings. The van der Waals surface area contributed by atoms with Crippen molar-refractivity contribution in [1.29, 1.82) is 0 Å². The zero-order valence-corrected chi connectivity index (χ0v) is 8.10. The first-order valence-electron chi connectivity index (χ1n) is 3.94. The monoisotopic (exact) mass is 187 g/mol. The zero-order chi connectivity index (χ0) is 8.97. The van der Waals surface area contributed by atoms with E-state index in [1.165, 1.54) is 11.3 Å². The van der Waals surface area contributed by atoms with E-state index in [1.807, 2.05) is 6.92 Å². The number of hydrogen-bond donors (Lipinski definition) is 1. The second kappa shape index (κ2) is 4.37. The van der Waals surface area contributed by atoms with E-state index in [0.717, 1.165) is 18.0 Å². The molecule has 0 aliphatic rings. The Morgan fingerprint density at radius 3 is 2.83 bits per heavy atom. The second-order valence-corrected chi connectivity index (χ2v) is 3.53. The molecule has 0 spiro atoms. The van der Waals surface area contributed by atoms with Crippen LogP contribution in [0.3, 0.4) is 0 Å². The summed E-state index contributed by atoms with van der Waals surface area (Å²) in [7, 11) is 0. The summed E-state index contributed by atoms with van der Waals surface area (Å²) >= 11 is 1.38. The molecule has 0 aliphatic carbocycles. The molecule has 0 aromatic carbocycles. The molecule has 0 aliphatic heterocycles. The third-order valence-electron chi connectivity index (χ3n) is 1.38. The minimum atomic E-state index is 0.0137. The van der Waals surface area contributed by atoms with Crippen LogP contribution < -0.4 is 5.73 Å². The first kappa shape index (κ1) is 9.41. The molecule has 0 bridgehead atoms. The summed E-state index contributed by atoms with van der Waals surface area (Å²) in [4.78, 5) is 0. The molecular weight excluding hydrogens is 174 g/mol. The molecule has 68 valence electrons. The number of anilines is 1.